The summed E-state index contributed by atoms with van der Waals surface area (Å²) >= 11 is 6.40. The fourth-order valence-electron chi connectivity index (χ4n) is 1.18. The molecule has 2 rings (SSSR count). The quantitative estimate of drug-likeness (QED) is 0.644. The number of amides is 1. The van der Waals surface area contributed by atoms with Gasteiger partial charge in [-0.3, -0.25) is 9.52 Å². The number of hydrogen-bond donors (Lipinski definition) is 2. The van der Waals surface area contributed by atoms with E-state index in [9.17, 15) is 13.2 Å². The summed E-state index contributed by atoms with van der Waals surface area (Å²) in [6, 6.07) is 2.80. The first kappa shape index (κ1) is 14.6. The number of sulfonamides is 1. The summed E-state index contributed by atoms with van der Waals surface area (Å²) in [5.41, 5.74) is 0.251. The van der Waals surface area contributed by atoms with Gasteiger partial charge in [-0.2, -0.15) is 8.42 Å². The van der Waals surface area contributed by atoms with E-state index in [-0.39, 0.29) is 26.2 Å². The maximum Gasteiger partial charge on any atom is 0.291 e. The van der Waals surface area contributed by atoms with Gasteiger partial charge in [0.15, 0.2) is 0 Å². The van der Waals surface area contributed by atoms with Crippen LogP contribution in [0.5, 0.6) is 0 Å². The molecule has 0 atom stereocenters. The van der Waals surface area contributed by atoms with E-state index >= 15 is 0 Å². The largest absolute Gasteiger partial charge is 0.301 e. The number of nitrogens with one attached hydrogen (secondary N) is 2. The number of pyridine rings is 1. The third kappa shape index (κ3) is 3.62. The molecule has 2 N–H and O–H groups in total. The molecule has 0 aliphatic heterocycles. The van der Waals surface area contributed by atoms with E-state index in [0.717, 1.165) is 11.3 Å². The molecule has 8 nitrogen and oxygen atoms in total. The minimum atomic E-state index is -3.89. The topological polar surface area (TPSA) is 114 Å². The SMILES string of the molecule is CC(=O)Nc1nnc(S(=O)(=O)Nc2ccnc(Cl)c2)s1. The summed E-state index contributed by atoms with van der Waals surface area (Å²) < 4.78 is 26.1. The van der Waals surface area contributed by atoms with E-state index in [4.69, 9.17) is 11.6 Å². The van der Waals surface area contributed by atoms with Crippen LogP contribution < -0.4 is 10.0 Å². The standard InChI is InChI=1S/C9H8ClN5O3S2/c1-5(16)12-8-13-14-9(19-8)20(17,18)15-6-2-3-11-7(10)4-6/h2-4H,1H3,(H,11,15)(H,12,13,16). The number of carbonyl (C=O) groups is 1. The zero-order valence-electron chi connectivity index (χ0n) is 9.99. The summed E-state index contributed by atoms with van der Waals surface area (Å²) in [5, 5.41) is 9.68. The van der Waals surface area contributed by atoms with Crippen molar-refractivity contribution >= 4 is 49.7 Å². The number of aromatic nitrogens is 3. The lowest BCUT2D eigenvalue weighted by Crippen LogP contribution is -2.12. The van der Waals surface area contributed by atoms with Gasteiger partial charge in [0, 0.05) is 13.1 Å². The molecule has 0 aliphatic rings. The van der Waals surface area contributed by atoms with Gasteiger partial charge in [-0.05, 0) is 12.1 Å². The molecule has 2 aromatic rings. The van der Waals surface area contributed by atoms with Crippen LogP contribution in [0.4, 0.5) is 10.8 Å². The zero-order chi connectivity index (χ0) is 14.8. The van der Waals surface area contributed by atoms with Crippen LogP contribution in [0.2, 0.25) is 5.15 Å². The normalized spacial score (nSPS) is 11.1. The van der Waals surface area contributed by atoms with Crippen molar-refractivity contribution in [3.63, 3.8) is 0 Å². The van der Waals surface area contributed by atoms with Crippen LogP contribution in [-0.4, -0.2) is 29.5 Å². The highest BCUT2D eigenvalue weighted by molar-refractivity contribution is 7.94. The van der Waals surface area contributed by atoms with Gasteiger partial charge in [-0.25, -0.2) is 4.98 Å². The predicted molar refractivity (Wildman–Crippen MR) is 74.3 cm³/mol. The molecule has 0 radical (unpaired) electrons. The second-order valence-electron chi connectivity index (χ2n) is 3.53. The summed E-state index contributed by atoms with van der Waals surface area (Å²) in [5.74, 6) is -0.362. The molecule has 0 saturated heterocycles. The Morgan fingerprint density at radius 1 is 1.40 bits per heavy atom. The minimum Gasteiger partial charge on any atom is -0.301 e. The van der Waals surface area contributed by atoms with Crippen molar-refractivity contribution < 1.29 is 13.2 Å². The monoisotopic (exact) mass is 333 g/mol. The maximum absolute atomic E-state index is 12.0. The van der Waals surface area contributed by atoms with Crippen molar-refractivity contribution in [3.05, 3.63) is 23.5 Å². The molecular formula is C9H8ClN5O3S2. The average molecular weight is 334 g/mol. The van der Waals surface area contributed by atoms with Gasteiger partial charge in [0.2, 0.25) is 11.0 Å². The predicted octanol–water partition coefficient (Wildman–Crippen LogP) is 1.35. The second kappa shape index (κ2) is 5.69. The number of halogens is 1. The highest BCUT2D eigenvalue weighted by Gasteiger charge is 2.20. The third-order valence-corrected chi connectivity index (χ3v) is 4.69. The smallest absolute Gasteiger partial charge is 0.291 e. The molecule has 0 aliphatic carbocycles. The molecule has 1 amide bonds. The molecule has 0 spiro atoms. The second-order valence-corrected chi connectivity index (χ2v) is 6.75. The van der Waals surface area contributed by atoms with Crippen LogP contribution in [0.25, 0.3) is 0 Å². The molecule has 2 heterocycles. The third-order valence-electron chi connectivity index (χ3n) is 1.90. The van der Waals surface area contributed by atoms with Gasteiger partial charge in [-0.1, -0.05) is 22.9 Å². The van der Waals surface area contributed by atoms with Crippen LogP contribution in [0, 0.1) is 0 Å². The Hall–Kier alpha value is -1.78. The fraction of sp³-hybridized carbons (Fsp3) is 0.111. The molecule has 0 unspecified atom stereocenters. The molecule has 11 heteroatoms. The van der Waals surface area contributed by atoms with E-state index in [1.165, 1.54) is 25.3 Å². The summed E-state index contributed by atoms with van der Waals surface area (Å²) in [4.78, 5) is 14.6. The summed E-state index contributed by atoms with van der Waals surface area (Å²) in [6.45, 7) is 1.28. The Balaban J connectivity index is 2.22. The van der Waals surface area contributed by atoms with Crippen LogP contribution in [0.15, 0.2) is 22.7 Å². The van der Waals surface area contributed by atoms with Crippen LogP contribution in [0.3, 0.4) is 0 Å². The minimum absolute atomic E-state index is 0.102. The Morgan fingerprint density at radius 3 is 2.80 bits per heavy atom. The van der Waals surface area contributed by atoms with Crippen molar-refractivity contribution in [1.82, 2.24) is 15.2 Å². The molecule has 0 fully saturated rings. The maximum atomic E-state index is 12.0. The van der Waals surface area contributed by atoms with E-state index in [2.05, 4.69) is 25.2 Å². The van der Waals surface area contributed by atoms with Gasteiger partial charge >= 0.3 is 0 Å². The van der Waals surface area contributed by atoms with Crippen LogP contribution >= 0.6 is 22.9 Å². The van der Waals surface area contributed by atoms with Gasteiger partial charge in [0.25, 0.3) is 14.4 Å². The zero-order valence-corrected chi connectivity index (χ0v) is 12.4. The molecule has 20 heavy (non-hydrogen) atoms. The lowest BCUT2D eigenvalue weighted by molar-refractivity contribution is -0.114. The number of carbonyl (C=O) groups excluding carboxylic acids is 1. The van der Waals surface area contributed by atoms with E-state index in [1.54, 1.807) is 0 Å². The fourth-order valence-corrected chi connectivity index (χ4v) is 3.36. The molecule has 106 valence electrons. The first-order chi connectivity index (χ1) is 9.37. The Morgan fingerprint density at radius 2 is 2.15 bits per heavy atom. The van der Waals surface area contributed by atoms with Crippen molar-refractivity contribution in [2.75, 3.05) is 10.0 Å². The molecule has 0 saturated carbocycles. The van der Waals surface area contributed by atoms with E-state index in [1.807, 2.05) is 0 Å². The number of nitrogens with zero attached hydrogens (tertiary/aromatic N) is 3. The van der Waals surface area contributed by atoms with Crippen LogP contribution in [0.1, 0.15) is 6.92 Å². The van der Waals surface area contributed by atoms with Gasteiger partial charge < -0.3 is 5.32 Å². The number of rotatable bonds is 4. The Bertz CT molecular complexity index is 746. The molecule has 2 aromatic heterocycles. The van der Waals surface area contributed by atoms with Gasteiger partial charge in [0.1, 0.15) is 5.15 Å². The van der Waals surface area contributed by atoms with Crippen molar-refractivity contribution in [1.29, 1.82) is 0 Å². The van der Waals surface area contributed by atoms with Gasteiger partial charge in [0.05, 0.1) is 5.69 Å². The highest BCUT2D eigenvalue weighted by atomic mass is 35.5. The average Bonchev–Trinajstić information content (AvgIpc) is 2.76. The highest BCUT2D eigenvalue weighted by Crippen LogP contribution is 2.23. The molecular weight excluding hydrogens is 326 g/mol. The van der Waals surface area contributed by atoms with Gasteiger partial charge in [-0.15, -0.1) is 10.2 Å². The summed E-state index contributed by atoms with van der Waals surface area (Å²) in [6.07, 6.45) is 1.36. The van der Waals surface area contributed by atoms with E-state index in [0.29, 0.717) is 0 Å². The number of anilines is 2. The summed E-state index contributed by atoms with van der Waals surface area (Å²) in [7, 11) is -3.89. The number of hydrogen-bond acceptors (Lipinski definition) is 7. The van der Waals surface area contributed by atoms with Crippen molar-refractivity contribution in [3.8, 4) is 0 Å². The van der Waals surface area contributed by atoms with E-state index < -0.39 is 10.0 Å². The van der Waals surface area contributed by atoms with Crippen molar-refractivity contribution in [2.45, 2.75) is 11.3 Å². The first-order valence-electron chi connectivity index (χ1n) is 5.12. The molecule has 0 bridgehead atoms. The first-order valence-corrected chi connectivity index (χ1v) is 7.80. The van der Waals surface area contributed by atoms with Crippen molar-refractivity contribution in [2.24, 2.45) is 0 Å². The molecule has 0 aromatic carbocycles. The lowest BCUT2D eigenvalue weighted by Gasteiger charge is -2.04. The Labute approximate surface area is 123 Å². The Kier molecular flexibility index (Phi) is 4.16. The van der Waals surface area contributed by atoms with Crippen LogP contribution in [-0.2, 0) is 14.8 Å². The lowest BCUT2D eigenvalue weighted by atomic mass is 10.4.